The third-order valence-corrected chi connectivity index (χ3v) is 5.95. The summed E-state index contributed by atoms with van der Waals surface area (Å²) in [5, 5.41) is 10.4. The first kappa shape index (κ1) is 17.2. The molecule has 28 heavy (non-hydrogen) atoms. The second-order valence-electron chi connectivity index (χ2n) is 6.98. The summed E-state index contributed by atoms with van der Waals surface area (Å²) in [6, 6.07) is 17.7. The first-order valence-corrected chi connectivity index (χ1v) is 10.3. The normalized spacial score (nSPS) is 13.9. The summed E-state index contributed by atoms with van der Waals surface area (Å²) < 4.78 is 3.77. The second-order valence-corrected chi connectivity index (χ2v) is 7.93. The van der Waals surface area contributed by atoms with Crippen molar-refractivity contribution in [1.29, 1.82) is 0 Å². The zero-order chi connectivity index (χ0) is 19.1. The molecule has 0 spiro atoms. The van der Waals surface area contributed by atoms with Crippen LogP contribution in [0.5, 0.6) is 0 Å². The molecule has 2 heterocycles. The lowest BCUT2D eigenvalue weighted by atomic mass is 10.2. The quantitative estimate of drug-likeness (QED) is 0.487. The summed E-state index contributed by atoms with van der Waals surface area (Å²) in [7, 11) is 1.77. The topological polar surface area (TPSA) is 65.6 Å². The summed E-state index contributed by atoms with van der Waals surface area (Å²) in [6.45, 7) is 0. The van der Waals surface area contributed by atoms with Crippen LogP contribution in [0, 0.1) is 0 Å². The van der Waals surface area contributed by atoms with Gasteiger partial charge >= 0.3 is 0 Å². The number of benzene rings is 2. The highest BCUT2D eigenvalue weighted by atomic mass is 32.2. The van der Waals surface area contributed by atoms with E-state index in [2.05, 4.69) is 26.9 Å². The van der Waals surface area contributed by atoms with Crippen LogP contribution in [0.2, 0.25) is 0 Å². The number of hydrogen-bond donors (Lipinski definition) is 0. The summed E-state index contributed by atoms with van der Waals surface area (Å²) in [5.41, 5.74) is 1.77. The van der Waals surface area contributed by atoms with Crippen LogP contribution in [-0.4, -0.2) is 24.3 Å². The standard InChI is InChI=1S/C21H19N5OS/c1-25-18(22-17-10-6-5-9-16(17)20(25)27)13-28-21-24-23-19(14-11-12-14)26(21)15-7-3-2-4-8-15/h2-10,14H,11-13H2,1H3. The molecule has 2 aromatic heterocycles. The number of hydrogen-bond acceptors (Lipinski definition) is 5. The molecule has 140 valence electrons. The van der Waals surface area contributed by atoms with Crippen LogP contribution in [0.3, 0.4) is 0 Å². The fourth-order valence-corrected chi connectivity index (χ4v) is 4.27. The summed E-state index contributed by atoms with van der Waals surface area (Å²) in [4.78, 5) is 17.3. The molecule has 2 aromatic carbocycles. The van der Waals surface area contributed by atoms with E-state index in [1.165, 1.54) is 0 Å². The van der Waals surface area contributed by atoms with Crippen LogP contribution in [0.15, 0.2) is 64.5 Å². The molecular weight excluding hydrogens is 370 g/mol. The maximum atomic E-state index is 12.6. The van der Waals surface area contributed by atoms with E-state index < -0.39 is 0 Å². The van der Waals surface area contributed by atoms with Crippen molar-refractivity contribution < 1.29 is 0 Å². The van der Waals surface area contributed by atoms with Gasteiger partial charge in [0.15, 0.2) is 5.16 Å². The van der Waals surface area contributed by atoms with Crippen molar-refractivity contribution in [3.63, 3.8) is 0 Å². The minimum Gasteiger partial charge on any atom is -0.299 e. The summed E-state index contributed by atoms with van der Waals surface area (Å²) >= 11 is 1.56. The van der Waals surface area contributed by atoms with Crippen LogP contribution < -0.4 is 5.56 Å². The molecule has 0 radical (unpaired) electrons. The average molecular weight is 389 g/mol. The maximum Gasteiger partial charge on any atom is 0.261 e. The second kappa shape index (κ2) is 6.91. The van der Waals surface area contributed by atoms with Crippen LogP contribution in [0.1, 0.15) is 30.4 Å². The largest absolute Gasteiger partial charge is 0.299 e. The third-order valence-electron chi connectivity index (χ3n) is 5.02. The number of aromatic nitrogens is 5. The van der Waals surface area contributed by atoms with Gasteiger partial charge < -0.3 is 0 Å². The minimum absolute atomic E-state index is 0.0237. The first-order valence-electron chi connectivity index (χ1n) is 9.30. The van der Waals surface area contributed by atoms with Gasteiger partial charge in [-0.1, -0.05) is 42.1 Å². The van der Waals surface area contributed by atoms with E-state index in [1.54, 1.807) is 23.4 Å². The number of para-hydroxylation sites is 2. The van der Waals surface area contributed by atoms with Gasteiger partial charge in [-0.3, -0.25) is 13.9 Å². The van der Waals surface area contributed by atoms with Crippen molar-refractivity contribution in [3.05, 3.63) is 76.6 Å². The Morgan fingerprint density at radius 3 is 2.57 bits per heavy atom. The molecule has 1 aliphatic carbocycles. The molecule has 7 heteroatoms. The van der Waals surface area contributed by atoms with E-state index >= 15 is 0 Å². The Labute approximate surface area is 166 Å². The minimum atomic E-state index is -0.0237. The zero-order valence-corrected chi connectivity index (χ0v) is 16.3. The van der Waals surface area contributed by atoms with Gasteiger partial charge in [0.1, 0.15) is 11.6 Å². The molecule has 5 rings (SSSR count). The van der Waals surface area contributed by atoms with Gasteiger partial charge in [-0.2, -0.15) is 0 Å². The van der Waals surface area contributed by atoms with E-state index in [0.29, 0.717) is 17.1 Å². The molecule has 6 nitrogen and oxygen atoms in total. The van der Waals surface area contributed by atoms with Gasteiger partial charge in [0.2, 0.25) is 0 Å². The van der Waals surface area contributed by atoms with Crippen molar-refractivity contribution in [2.45, 2.75) is 29.7 Å². The molecule has 0 saturated heterocycles. The molecule has 0 aliphatic heterocycles. The molecule has 1 fully saturated rings. The molecule has 1 saturated carbocycles. The molecule has 0 amide bonds. The van der Waals surface area contributed by atoms with E-state index in [0.717, 1.165) is 40.9 Å². The highest BCUT2D eigenvalue weighted by Crippen LogP contribution is 2.41. The van der Waals surface area contributed by atoms with Crippen LogP contribution in [-0.2, 0) is 12.8 Å². The number of thioether (sulfide) groups is 1. The molecule has 1 aliphatic rings. The van der Waals surface area contributed by atoms with Crippen molar-refractivity contribution in [2.75, 3.05) is 0 Å². The Balaban J connectivity index is 1.51. The van der Waals surface area contributed by atoms with E-state index in [-0.39, 0.29) is 5.56 Å². The van der Waals surface area contributed by atoms with Crippen LogP contribution in [0.4, 0.5) is 0 Å². The van der Waals surface area contributed by atoms with Gasteiger partial charge in [0, 0.05) is 18.7 Å². The number of fused-ring (bicyclic) bond motifs is 1. The molecule has 0 N–H and O–H groups in total. The van der Waals surface area contributed by atoms with Gasteiger partial charge in [0.25, 0.3) is 5.56 Å². The number of rotatable bonds is 5. The third kappa shape index (κ3) is 3.01. The van der Waals surface area contributed by atoms with Crippen molar-refractivity contribution in [1.82, 2.24) is 24.3 Å². The Hall–Kier alpha value is -2.93. The SMILES string of the molecule is Cn1c(CSc2nnc(C3CC3)n2-c2ccccc2)nc2ccccc2c1=O. The predicted octanol–water partition coefficient (Wildman–Crippen LogP) is 3.68. The summed E-state index contributed by atoms with van der Waals surface area (Å²) in [5.74, 6) is 2.79. The average Bonchev–Trinajstić information content (AvgIpc) is 3.49. The highest BCUT2D eigenvalue weighted by Gasteiger charge is 2.31. The number of nitrogens with zero attached hydrogens (tertiary/aromatic N) is 5. The smallest absolute Gasteiger partial charge is 0.261 e. The van der Waals surface area contributed by atoms with Gasteiger partial charge in [-0.15, -0.1) is 10.2 Å². The highest BCUT2D eigenvalue weighted by molar-refractivity contribution is 7.98. The Morgan fingerprint density at radius 1 is 1.04 bits per heavy atom. The Bertz CT molecular complexity index is 1210. The monoisotopic (exact) mass is 389 g/mol. The first-order chi connectivity index (χ1) is 13.7. The predicted molar refractivity (Wildman–Crippen MR) is 110 cm³/mol. The fourth-order valence-electron chi connectivity index (χ4n) is 3.32. The lowest BCUT2D eigenvalue weighted by Gasteiger charge is -2.11. The van der Waals surface area contributed by atoms with Crippen LogP contribution >= 0.6 is 11.8 Å². The zero-order valence-electron chi connectivity index (χ0n) is 15.4. The Morgan fingerprint density at radius 2 is 1.79 bits per heavy atom. The van der Waals surface area contributed by atoms with Crippen LogP contribution in [0.25, 0.3) is 16.6 Å². The molecule has 4 aromatic rings. The van der Waals surface area contributed by atoms with E-state index in [9.17, 15) is 4.79 Å². The lowest BCUT2D eigenvalue weighted by Crippen LogP contribution is -2.22. The molecule has 0 bridgehead atoms. The molecule has 0 unspecified atom stereocenters. The molecular formula is C21H19N5OS. The van der Waals surface area contributed by atoms with Gasteiger partial charge in [0.05, 0.1) is 16.7 Å². The van der Waals surface area contributed by atoms with Gasteiger partial charge in [-0.05, 0) is 37.1 Å². The molecule has 0 atom stereocenters. The maximum absolute atomic E-state index is 12.6. The lowest BCUT2D eigenvalue weighted by molar-refractivity contribution is 0.781. The van der Waals surface area contributed by atoms with E-state index in [4.69, 9.17) is 4.98 Å². The van der Waals surface area contributed by atoms with Gasteiger partial charge in [-0.25, -0.2) is 4.98 Å². The van der Waals surface area contributed by atoms with Crippen molar-refractivity contribution in [2.24, 2.45) is 7.05 Å². The summed E-state index contributed by atoms with van der Waals surface area (Å²) in [6.07, 6.45) is 2.33. The van der Waals surface area contributed by atoms with E-state index in [1.807, 2.05) is 42.5 Å². The van der Waals surface area contributed by atoms with Crippen molar-refractivity contribution in [3.8, 4) is 5.69 Å². The van der Waals surface area contributed by atoms with Crippen molar-refractivity contribution >= 4 is 22.7 Å². The Kier molecular flexibility index (Phi) is 4.24. The fraction of sp³-hybridized carbons (Fsp3) is 0.238.